The van der Waals surface area contributed by atoms with Crippen LogP contribution < -0.4 is 0 Å². The van der Waals surface area contributed by atoms with Crippen molar-refractivity contribution in [1.82, 2.24) is 0 Å². The van der Waals surface area contributed by atoms with Crippen molar-refractivity contribution in [3.05, 3.63) is 88.1 Å². The van der Waals surface area contributed by atoms with Gasteiger partial charge in [-0.1, -0.05) is 277 Å². The van der Waals surface area contributed by atoms with Crippen LogP contribution in [0.2, 0.25) is 0 Å². The Morgan fingerprint density at radius 2 is 0.373 bits per heavy atom. The summed E-state index contributed by atoms with van der Waals surface area (Å²) in [5.74, 6) is 32.9. The van der Waals surface area contributed by atoms with Crippen LogP contribution in [0.4, 0.5) is 0 Å². The van der Waals surface area contributed by atoms with Gasteiger partial charge >= 0.3 is 0 Å². The molecule has 16 aliphatic carbocycles. The van der Waals surface area contributed by atoms with Gasteiger partial charge in [0.1, 0.15) is 0 Å². The normalized spacial score (nSPS) is 39.4. The van der Waals surface area contributed by atoms with Gasteiger partial charge in [-0.3, -0.25) is 0 Å². The highest BCUT2D eigenvalue weighted by molar-refractivity contribution is 4.97. The molecule has 2 nitrogen and oxygen atoms in total. The average Bonchev–Trinajstić information content (AvgIpc) is 0.830. The first-order valence-corrected chi connectivity index (χ1v) is 62.0. The lowest BCUT2D eigenvalue weighted by atomic mass is 9.65. The van der Waals surface area contributed by atoms with E-state index in [1.54, 1.807) is 103 Å². The molecule has 0 aromatic rings. The lowest BCUT2D eigenvalue weighted by Crippen LogP contribution is -2.29. The molecular formula is C132H264O2. The van der Waals surface area contributed by atoms with E-state index >= 15 is 0 Å². The molecule has 804 valence electrons. The highest BCUT2D eigenvalue weighted by atomic mass is 16.0. The van der Waals surface area contributed by atoms with Crippen LogP contribution in [0.25, 0.3) is 0 Å². The topological polar surface area (TPSA) is 63.0 Å². The number of rotatable bonds is 30. The Balaban J connectivity index is -0.000000309. The smallest absolute Gasteiger partial charge is 0 e. The fourth-order valence-corrected chi connectivity index (χ4v) is 33.2. The van der Waals surface area contributed by atoms with Crippen molar-refractivity contribution in [3.8, 4) is 0 Å². The first-order valence-electron chi connectivity index (χ1n) is 62.0. The van der Waals surface area contributed by atoms with Gasteiger partial charge in [0, 0.05) is 20.0 Å². The molecule has 0 radical (unpaired) electrons. The van der Waals surface area contributed by atoms with Gasteiger partial charge in [0.25, 0.3) is 0 Å². The van der Waals surface area contributed by atoms with Crippen LogP contribution in [0.15, 0.2) is 88.1 Å². The van der Waals surface area contributed by atoms with Gasteiger partial charge in [-0.2, -0.15) is 0 Å². The summed E-state index contributed by atoms with van der Waals surface area (Å²) in [6.07, 6.45) is 134. The summed E-state index contributed by atoms with van der Waals surface area (Å²) in [5.41, 5.74) is 0. The maximum absolute atomic E-state index is 3.99. The lowest BCUT2D eigenvalue weighted by molar-refractivity contribution is 0.105. The van der Waals surface area contributed by atoms with Gasteiger partial charge < -0.3 is 11.0 Å². The number of hydrogen-bond acceptors (Lipinski definition) is 0. The van der Waals surface area contributed by atoms with Gasteiger partial charge in [0.2, 0.25) is 0 Å². The number of unbranched alkanes of at least 4 members (excludes halogenated alkanes) is 3. The third kappa shape index (κ3) is 41.7. The molecule has 0 heterocycles. The molecule has 0 aromatic heterocycles. The summed E-state index contributed by atoms with van der Waals surface area (Å²) in [4.78, 5) is 0. The molecule has 4 N–H and O–H groups in total. The predicted molar refractivity (Wildman–Crippen MR) is 624 cm³/mol. The van der Waals surface area contributed by atoms with E-state index in [4.69, 9.17) is 0 Å². The molecule has 0 atom stereocenters. The largest absolute Gasteiger partial charge is 0.412 e. The first-order chi connectivity index (χ1) is 64.7. The summed E-state index contributed by atoms with van der Waals surface area (Å²) < 4.78 is 0. The second kappa shape index (κ2) is 68.4. The highest BCUT2D eigenvalue weighted by Crippen LogP contribution is 2.53. The molecule has 2 heteroatoms. The van der Waals surface area contributed by atoms with Crippen LogP contribution in [0.1, 0.15) is 576 Å². The summed E-state index contributed by atoms with van der Waals surface area (Å²) >= 11 is 0. The molecule has 16 fully saturated rings. The maximum atomic E-state index is 3.99. The van der Waals surface area contributed by atoms with Crippen LogP contribution in [-0.4, -0.2) is 11.0 Å². The van der Waals surface area contributed by atoms with E-state index in [9.17, 15) is 0 Å². The van der Waals surface area contributed by atoms with Gasteiger partial charge in [-0.25, -0.2) is 0 Å². The Morgan fingerprint density at radius 3 is 0.567 bits per heavy atom. The van der Waals surface area contributed by atoms with Crippen molar-refractivity contribution in [2.24, 2.45) is 189 Å². The van der Waals surface area contributed by atoms with Crippen LogP contribution in [-0.2, 0) is 0 Å². The van der Waals surface area contributed by atoms with Crippen molar-refractivity contribution < 1.29 is 30.9 Å². The van der Waals surface area contributed by atoms with Crippen molar-refractivity contribution in [3.63, 3.8) is 0 Å². The Labute approximate surface area is 859 Å². The molecule has 0 saturated heterocycles. The molecule has 0 amide bonds. The molecular weight excluding hydrogens is 1620 g/mol. The van der Waals surface area contributed by atoms with Crippen molar-refractivity contribution in [2.45, 2.75) is 556 Å². The predicted octanol–water partition coefficient (Wildman–Crippen LogP) is 44.9. The maximum Gasteiger partial charge on any atom is 0 e. The molecule has 0 aromatic carbocycles. The van der Waals surface area contributed by atoms with E-state index in [0.29, 0.717) is 0 Å². The van der Waals surface area contributed by atoms with Gasteiger partial charge in [0.15, 0.2) is 0 Å². The molecule has 0 unspecified atom stereocenters. The zero-order valence-electron chi connectivity index (χ0n) is 91.5. The van der Waals surface area contributed by atoms with Crippen molar-refractivity contribution >= 4 is 0 Å². The summed E-state index contributed by atoms with van der Waals surface area (Å²) in [6, 6.07) is 0. The van der Waals surface area contributed by atoms with E-state index < -0.39 is 0 Å². The monoisotopic (exact) mass is 1880 g/mol. The van der Waals surface area contributed by atoms with E-state index in [1.165, 1.54) is 398 Å². The fraction of sp³-hybridized carbons (Fsp3) is 0.894. The van der Waals surface area contributed by atoms with Crippen LogP contribution in [0.3, 0.4) is 0 Å². The van der Waals surface area contributed by atoms with Crippen LogP contribution in [0.5, 0.6) is 0 Å². The Morgan fingerprint density at radius 1 is 0.194 bits per heavy atom. The first kappa shape index (κ1) is 117. The minimum absolute atomic E-state index is 0. The average molecular weight is 1880 g/mol. The zero-order chi connectivity index (χ0) is 93.3. The summed E-state index contributed by atoms with van der Waals surface area (Å²) in [5, 5.41) is 0. The number of allylic oxidation sites excluding steroid dienone is 8. The van der Waals surface area contributed by atoms with Gasteiger partial charge in [0.05, 0.1) is 0 Å². The Hall–Kier alpha value is -1.90. The highest BCUT2D eigenvalue weighted by Gasteiger charge is 2.40. The third-order valence-corrected chi connectivity index (χ3v) is 43.1. The zero-order valence-corrected chi connectivity index (χ0v) is 91.5. The van der Waals surface area contributed by atoms with Crippen molar-refractivity contribution in [2.75, 3.05) is 0 Å². The molecule has 16 rings (SSSR count). The SMILES string of the molecule is C/C=C/C1CCC(C2CCC(CCC)CC2)CC1.C=CC1CCC(C2CCC(C3CCC(C)CC3)CC2)CC1.C=CC1CCC(C2CCC(CC)CC2)CC1.C=CC1CCC(C2CCC(CCC)CC2)CC1.C=CC1CCC(C2CCC(CCCC)CC2)CC1.C=CC1CCC(C2CCC(CCCCC)CC2)CC1.C=CCCC1CCC(C2CCC(C3CCC(C)CC3)CC2)CC1.O.O.[HH].[HH].[HH].[HH].[HH].[HH].[HH].[HH].[HH].[HH].[HH].[HH].[HH].[HH]. The minimum atomic E-state index is 0. The van der Waals surface area contributed by atoms with Crippen LogP contribution >= 0.6 is 0 Å². The fourth-order valence-electron chi connectivity index (χ4n) is 33.2. The molecule has 16 aliphatic rings. The Bertz CT molecular complexity index is 2940. The van der Waals surface area contributed by atoms with E-state index in [0.717, 1.165) is 189 Å². The van der Waals surface area contributed by atoms with Crippen molar-refractivity contribution in [1.29, 1.82) is 0 Å². The molecule has 0 spiro atoms. The van der Waals surface area contributed by atoms with E-state index in [-0.39, 0.29) is 30.9 Å². The standard InChI is InChI=1S/C23H40.C21H36.C19H34.2C18H32.C17H30.C16H28.2H2O.14H2/c1-3-4-5-19-8-12-21(13-9-19)23-16-14-22(15-17-23)20-10-6-18(2)7-11-20;1-3-17-6-10-19(11-7-17)21-14-12-20(13-15-21)18-8-4-16(2)5-9-18;1-3-5-6-7-17-10-14-19(15-11-17)18-12-8-16(4-2)9-13-18;1-3-5-6-16-9-13-18(14-10-16)17-11-7-15(4-2)8-12-17;1-3-5-15-7-11-17(12-8-15)18-13-9-16(6-4-2)10-14-18;1-3-5-15-8-12-17(13-9-15)16-10-6-14(4-2)7-11-16;1-3-13-5-9-15(10-6-13)16-11-7-14(4-2)8-12-16;;;;;;;;;;;;;;;;/h3,18-23H,1,4-17H2,2H3;3,16-21H,1,4-15H2,2H3;4,16-19H,2-3,5-15H2,1H3;4,15-18H,2-3,5-14H2,1H3;3,5,15-18H,4,6-14H2,1-2H3;4,14-17H,2-3,5-13H2,1H3;3,13-16H,1,4-12H2,2H3;2*1H2;14*1H/b;;;;5-3+;;;;;;;;;;;;;;;;;;. The second-order valence-corrected chi connectivity index (χ2v) is 51.3. The minimum Gasteiger partial charge on any atom is -0.412 e. The van der Waals surface area contributed by atoms with Gasteiger partial charge in [-0.15, -0.1) is 39.5 Å². The summed E-state index contributed by atoms with van der Waals surface area (Å²) in [7, 11) is 0. The molecule has 0 bridgehead atoms. The Kier molecular flexibility index (Phi) is 59.9. The second-order valence-electron chi connectivity index (χ2n) is 51.3. The third-order valence-electron chi connectivity index (χ3n) is 43.1. The van der Waals surface area contributed by atoms with Crippen LogP contribution in [0, 0.1) is 189 Å². The summed E-state index contributed by atoms with van der Waals surface area (Å²) in [6.45, 7) is 42.4. The molecule has 0 aliphatic heterocycles. The number of hydrogen-bond donors (Lipinski definition) is 0. The molecule has 134 heavy (non-hydrogen) atoms. The quantitative estimate of drug-likeness (QED) is 0.0508. The lowest BCUT2D eigenvalue weighted by Gasteiger charge is -2.41. The van der Waals surface area contributed by atoms with E-state index in [1.807, 2.05) is 0 Å². The van der Waals surface area contributed by atoms with Gasteiger partial charge in [-0.05, 0) is 517 Å². The molecule has 16 saturated carbocycles. The van der Waals surface area contributed by atoms with E-state index in [2.05, 4.69) is 143 Å².